The highest BCUT2D eigenvalue weighted by molar-refractivity contribution is 5.98. The lowest BCUT2D eigenvalue weighted by molar-refractivity contribution is 0.0773. The number of hydrogen-bond donors (Lipinski definition) is 0. The van der Waals surface area contributed by atoms with Gasteiger partial charge in [0.25, 0.3) is 5.91 Å². The number of benzene rings is 1. The zero-order valence-electron chi connectivity index (χ0n) is 15.4. The molecule has 26 heavy (non-hydrogen) atoms. The lowest BCUT2D eigenvalue weighted by atomic mass is 9.96. The van der Waals surface area contributed by atoms with Crippen molar-refractivity contribution in [2.75, 3.05) is 14.2 Å². The summed E-state index contributed by atoms with van der Waals surface area (Å²) in [5.41, 5.74) is 3.73. The van der Waals surface area contributed by atoms with Crippen LogP contribution in [0.2, 0.25) is 0 Å². The van der Waals surface area contributed by atoms with Gasteiger partial charge < -0.3 is 18.7 Å². The molecule has 0 atom stereocenters. The van der Waals surface area contributed by atoms with Crippen molar-refractivity contribution >= 4 is 16.8 Å². The van der Waals surface area contributed by atoms with E-state index in [1.807, 2.05) is 42.9 Å². The SMILES string of the molecule is COc1ccc2c(c1)cc(C(=O)N(C)Cc1noc3c1CCCC3)n2C. The number of fused-ring (bicyclic) bond motifs is 2. The third-order valence-electron chi connectivity index (χ3n) is 5.23. The smallest absolute Gasteiger partial charge is 0.270 e. The van der Waals surface area contributed by atoms with Crippen LogP contribution in [0.1, 0.15) is 40.3 Å². The summed E-state index contributed by atoms with van der Waals surface area (Å²) in [5, 5.41) is 5.20. The molecular weight excluding hydrogens is 330 g/mol. The summed E-state index contributed by atoms with van der Waals surface area (Å²) in [7, 11) is 5.36. The van der Waals surface area contributed by atoms with Crippen LogP contribution in [0.4, 0.5) is 0 Å². The Hall–Kier alpha value is -2.76. The minimum atomic E-state index is -0.0322. The molecule has 0 saturated heterocycles. The van der Waals surface area contributed by atoms with Gasteiger partial charge >= 0.3 is 0 Å². The first-order valence-electron chi connectivity index (χ1n) is 8.93. The van der Waals surface area contributed by atoms with Crippen LogP contribution in [0.5, 0.6) is 5.75 Å². The minimum Gasteiger partial charge on any atom is -0.497 e. The zero-order valence-corrected chi connectivity index (χ0v) is 15.4. The Labute approximate surface area is 152 Å². The largest absolute Gasteiger partial charge is 0.497 e. The van der Waals surface area contributed by atoms with E-state index in [2.05, 4.69) is 5.16 Å². The molecule has 1 amide bonds. The first kappa shape index (κ1) is 16.7. The third kappa shape index (κ3) is 2.75. The highest BCUT2D eigenvalue weighted by Crippen LogP contribution is 2.27. The maximum absolute atomic E-state index is 13.0. The topological polar surface area (TPSA) is 60.5 Å². The van der Waals surface area contributed by atoms with Crippen LogP contribution in [0.25, 0.3) is 10.9 Å². The number of rotatable bonds is 4. The molecule has 0 unspecified atom stereocenters. The quantitative estimate of drug-likeness (QED) is 0.722. The standard InChI is InChI=1S/C20H23N3O3/c1-22(12-16-15-6-4-5-7-19(15)26-21-16)20(24)18-11-13-10-14(25-3)8-9-17(13)23(18)2/h8-11H,4-7,12H2,1-3H3. The Bertz CT molecular complexity index is 970. The summed E-state index contributed by atoms with van der Waals surface area (Å²) in [4.78, 5) is 14.7. The van der Waals surface area contributed by atoms with Crippen LogP contribution < -0.4 is 4.74 Å². The fraction of sp³-hybridized carbons (Fsp3) is 0.400. The number of methoxy groups -OCH3 is 1. The number of nitrogens with zero attached hydrogens (tertiary/aromatic N) is 3. The Morgan fingerprint density at radius 2 is 2.12 bits per heavy atom. The van der Waals surface area contributed by atoms with Gasteiger partial charge in [0.05, 0.1) is 13.7 Å². The first-order chi connectivity index (χ1) is 12.6. The number of carbonyl (C=O) groups excluding carboxylic acids is 1. The predicted molar refractivity (Wildman–Crippen MR) is 98.4 cm³/mol. The molecule has 0 fully saturated rings. The lowest BCUT2D eigenvalue weighted by Gasteiger charge is -2.17. The van der Waals surface area contributed by atoms with Crippen LogP contribution in [-0.4, -0.2) is 34.7 Å². The summed E-state index contributed by atoms with van der Waals surface area (Å²) in [6.45, 7) is 0.461. The van der Waals surface area contributed by atoms with Crippen molar-refractivity contribution in [3.63, 3.8) is 0 Å². The molecule has 2 heterocycles. The van der Waals surface area contributed by atoms with Gasteiger partial charge in [-0.1, -0.05) is 5.16 Å². The van der Waals surface area contributed by atoms with E-state index >= 15 is 0 Å². The number of carbonyl (C=O) groups is 1. The van der Waals surface area contributed by atoms with E-state index in [0.29, 0.717) is 12.2 Å². The third-order valence-corrected chi connectivity index (χ3v) is 5.23. The van der Waals surface area contributed by atoms with E-state index in [0.717, 1.165) is 53.8 Å². The summed E-state index contributed by atoms with van der Waals surface area (Å²) >= 11 is 0. The van der Waals surface area contributed by atoms with Gasteiger partial charge in [-0.25, -0.2) is 0 Å². The Kier molecular flexibility index (Phi) is 4.18. The van der Waals surface area contributed by atoms with Gasteiger partial charge in [-0.05, 0) is 43.5 Å². The number of ether oxygens (including phenoxy) is 1. The van der Waals surface area contributed by atoms with Crippen LogP contribution >= 0.6 is 0 Å². The number of aromatic nitrogens is 2. The molecule has 0 saturated carbocycles. The Morgan fingerprint density at radius 3 is 2.92 bits per heavy atom. The lowest BCUT2D eigenvalue weighted by Crippen LogP contribution is -2.28. The van der Waals surface area contributed by atoms with Crippen LogP contribution in [0, 0.1) is 0 Å². The maximum atomic E-state index is 13.0. The second-order valence-corrected chi connectivity index (χ2v) is 6.91. The van der Waals surface area contributed by atoms with Gasteiger partial charge in [0.1, 0.15) is 22.9 Å². The number of aryl methyl sites for hydroxylation is 2. The second-order valence-electron chi connectivity index (χ2n) is 6.91. The highest BCUT2D eigenvalue weighted by atomic mass is 16.5. The van der Waals surface area contributed by atoms with Crippen molar-refractivity contribution in [1.29, 1.82) is 0 Å². The molecule has 0 radical (unpaired) electrons. The summed E-state index contributed by atoms with van der Waals surface area (Å²) in [6, 6.07) is 7.73. The van der Waals surface area contributed by atoms with E-state index in [1.54, 1.807) is 12.0 Å². The van der Waals surface area contributed by atoms with Crippen molar-refractivity contribution in [1.82, 2.24) is 14.6 Å². The van der Waals surface area contributed by atoms with E-state index in [-0.39, 0.29) is 5.91 Å². The van der Waals surface area contributed by atoms with Crippen molar-refractivity contribution < 1.29 is 14.1 Å². The fourth-order valence-corrected chi connectivity index (χ4v) is 3.72. The second kappa shape index (κ2) is 6.52. The van der Waals surface area contributed by atoms with Crippen LogP contribution in [0.15, 0.2) is 28.8 Å². The molecule has 3 aromatic rings. The molecule has 1 aliphatic carbocycles. The molecule has 0 spiro atoms. The molecular formula is C20H23N3O3. The van der Waals surface area contributed by atoms with Gasteiger partial charge in [0.15, 0.2) is 0 Å². The van der Waals surface area contributed by atoms with E-state index in [4.69, 9.17) is 9.26 Å². The Morgan fingerprint density at radius 1 is 1.31 bits per heavy atom. The molecule has 6 heteroatoms. The van der Waals surface area contributed by atoms with Gasteiger partial charge in [-0.2, -0.15) is 0 Å². The fourth-order valence-electron chi connectivity index (χ4n) is 3.72. The molecule has 4 rings (SSSR count). The predicted octanol–water partition coefficient (Wildman–Crippen LogP) is 3.33. The highest BCUT2D eigenvalue weighted by Gasteiger charge is 2.23. The number of amides is 1. The minimum absolute atomic E-state index is 0.0322. The van der Waals surface area contributed by atoms with Gasteiger partial charge in [-0.15, -0.1) is 0 Å². The van der Waals surface area contributed by atoms with Crippen LogP contribution in [-0.2, 0) is 26.4 Å². The van der Waals surface area contributed by atoms with Crippen molar-refractivity contribution in [3.8, 4) is 5.75 Å². The summed E-state index contributed by atoms with van der Waals surface area (Å²) in [6.07, 6.45) is 4.24. The molecule has 0 aliphatic heterocycles. The maximum Gasteiger partial charge on any atom is 0.270 e. The molecule has 0 N–H and O–H groups in total. The molecule has 2 aromatic heterocycles. The normalized spacial score (nSPS) is 13.7. The average Bonchev–Trinajstić information content (AvgIpc) is 3.22. The molecule has 6 nitrogen and oxygen atoms in total. The molecule has 136 valence electrons. The molecule has 1 aromatic carbocycles. The van der Waals surface area contributed by atoms with E-state index in [9.17, 15) is 4.79 Å². The Balaban J connectivity index is 1.60. The first-order valence-corrected chi connectivity index (χ1v) is 8.93. The molecule has 1 aliphatic rings. The van der Waals surface area contributed by atoms with Crippen LogP contribution in [0.3, 0.4) is 0 Å². The van der Waals surface area contributed by atoms with Gasteiger partial charge in [-0.3, -0.25) is 4.79 Å². The summed E-state index contributed by atoms with van der Waals surface area (Å²) < 4.78 is 12.7. The zero-order chi connectivity index (χ0) is 18.3. The number of hydrogen-bond acceptors (Lipinski definition) is 4. The van der Waals surface area contributed by atoms with E-state index < -0.39 is 0 Å². The van der Waals surface area contributed by atoms with Crippen molar-refractivity contribution in [2.24, 2.45) is 7.05 Å². The van der Waals surface area contributed by atoms with Crippen molar-refractivity contribution in [2.45, 2.75) is 32.2 Å². The van der Waals surface area contributed by atoms with Gasteiger partial charge in [0.2, 0.25) is 0 Å². The molecule has 0 bridgehead atoms. The monoisotopic (exact) mass is 353 g/mol. The van der Waals surface area contributed by atoms with Gasteiger partial charge in [0, 0.05) is 37.0 Å². The summed E-state index contributed by atoms with van der Waals surface area (Å²) in [5.74, 6) is 1.74. The average molecular weight is 353 g/mol. The van der Waals surface area contributed by atoms with E-state index in [1.165, 1.54) is 5.56 Å². The van der Waals surface area contributed by atoms with Crippen molar-refractivity contribution in [3.05, 3.63) is 47.0 Å².